The van der Waals surface area contributed by atoms with Crippen LogP contribution in [0.25, 0.3) is 0 Å². The van der Waals surface area contributed by atoms with Crippen molar-refractivity contribution in [3.63, 3.8) is 0 Å². The first-order chi connectivity index (χ1) is 9.54. The molecule has 2 aromatic rings. The van der Waals surface area contributed by atoms with E-state index in [2.05, 4.69) is 10.3 Å². The maximum Gasteiger partial charge on any atom is 0.307 e. The highest BCUT2D eigenvalue weighted by Crippen LogP contribution is 2.16. The molecule has 1 aromatic carbocycles. The van der Waals surface area contributed by atoms with Crippen LogP contribution >= 0.6 is 11.3 Å². The Bertz CT molecular complexity index is 637. The molecule has 0 saturated carbocycles. The van der Waals surface area contributed by atoms with Crippen LogP contribution in [0.15, 0.2) is 29.6 Å². The van der Waals surface area contributed by atoms with Gasteiger partial charge in [-0.1, -0.05) is 18.2 Å². The number of carbonyl (C=O) groups is 2. The lowest BCUT2D eigenvalue weighted by Crippen LogP contribution is -2.16. The summed E-state index contributed by atoms with van der Waals surface area (Å²) in [6.07, 6.45) is 0.0675. The number of amides is 1. The van der Waals surface area contributed by atoms with Gasteiger partial charge in [-0.25, -0.2) is 4.98 Å². The molecule has 104 valence electrons. The number of nitrogens with zero attached hydrogens (tertiary/aromatic N) is 1. The van der Waals surface area contributed by atoms with Crippen LogP contribution in [0.1, 0.15) is 16.3 Å². The minimum absolute atomic E-state index is 0.119. The highest BCUT2D eigenvalue weighted by Gasteiger charge is 2.11. The van der Waals surface area contributed by atoms with E-state index in [1.54, 1.807) is 24.3 Å². The number of para-hydroxylation sites is 1. The van der Waals surface area contributed by atoms with Gasteiger partial charge in [0.1, 0.15) is 0 Å². The van der Waals surface area contributed by atoms with Gasteiger partial charge in [0.25, 0.3) is 0 Å². The average molecular weight is 290 g/mol. The maximum absolute atomic E-state index is 11.9. The summed E-state index contributed by atoms with van der Waals surface area (Å²) in [5.74, 6) is -1.13. The molecule has 1 amide bonds. The largest absolute Gasteiger partial charge is 0.481 e. The van der Waals surface area contributed by atoms with Gasteiger partial charge < -0.3 is 10.4 Å². The zero-order chi connectivity index (χ0) is 14.5. The molecule has 20 heavy (non-hydrogen) atoms. The van der Waals surface area contributed by atoms with Gasteiger partial charge in [-0.15, -0.1) is 11.3 Å². The Kier molecular flexibility index (Phi) is 4.47. The van der Waals surface area contributed by atoms with E-state index in [1.807, 2.05) is 12.3 Å². The lowest BCUT2D eigenvalue weighted by molar-refractivity contribution is -0.136. The second-order valence-corrected chi connectivity index (χ2v) is 5.37. The Morgan fingerprint density at radius 3 is 2.70 bits per heavy atom. The van der Waals surface area contributed by atoms with Gasteiger partial charge in [-0.05, 0) is 18.6 Å². The Morgan fingerprint density at radius 2 is 2.05 bits per heavy atom. The smallest absolute Gasteiger partial charge is 0.307 e. The van der Waals surface area contributed by atoms with E-state index in [-0.39, 0.29) is 18.7 Å². The van der Waals surface area contributed by atoms with Gasteiger partial charge in [-0.2, -0.15) is 0 Å². The standard InChI is InChI=1S/C14H14N2O3S/c1-9-15-11(8-20-9)7-13(17)16-12-5-3-2-4-10(12)6-14(18)19/h2-5,8H,6-7H2,1H3,(H,16,17)(H,18,19). The summed E-state index contributed by atoms with van der Waals surface area (Å²) in [5, 5.41) is 14.3. The molecule has 5 nitrogen and oxygen atoms in total. The van der Waals surface area contributed by atoms with Crippen molar-refractivity contribution in [1.29, 1.82) is 0 Å². The summed E-state index contributed by atoms with van der Waals surface area (Å²) in [5.41, 5.74) is 1.84. The molecular weight excluding hydrogens is 276 g/mol. The number of anilines is 1. The lowest BCUT2D eigenvalue weighted by atomic mass is 10.1. The number of carboxylic acid groups (broad SMARTS) is 1. The van der Waals surface area contributed by atoms with E-state index in [0.29, 0.717) is 11.3 Å². The summed E-state index contributed by atoms with van der Waals surface area (Å²) < 4.78 is 0. The van der Waals surface area contributed by atoms with Crippen LogP contribution in [0.5, 0.6) is 0 Å². The van der Waals surface area contributed by atoms with Gasteiger partial charge in [0, 0.05) is 11.1 Å². The number of carboxylic acids is 1. The lowest BCUT2D eigenvalue weighted by Gasteiger charge is -2.09. The maximum atomic E-state index is 11.9. The molecule has 0 atom stereocenters. The Labute approximate surface area is 120 Å². The normalized spacial score (nSPS) is 10.2. The summed E-state index contributed by atoms with van der Waals surface area (Å²) >= 11 is 1.50. The molecule has 6 heteroatoms. The molecule has 0 saturated heterocycles. The van der Waals surface area contributed by atoms with E-state index in [4.69, 9.17) is 5.11 Å². The first-order valence-corrected chi connectivity index (χ1v) is 6.93. The van der Waals surface area contributed by atoms with Crippen molar-refractivity contribution < 1.29 is 14.7 Å². The zero-order valence-corrected chi connectivity index (χ0v) is 11.7. The third-order valence-electron chi connectivity index (χ3n) is 2.64. The molecule has 2 rings (SSSR count). The van der Waals surface area contributed by atoms with Crippen LogP contribution in [0.3, 0.4) is 0 Å². The molecule has 0 fully saturated rings. The number of aromatic nitrogens is 1. The molecule has 1 aromatic heterocycles. The molecule has 0 spiro atoms. The van der Waals surface area contributed by atoms with Crippen LogP contribution in [0.4, 0.5) is 5.69 Å². The number of hydrogen-bond donors (Lipinski definition) is 2. The molecule has 0 bridgehead atoms. The third kappa shape index (κ3) is 3.89. The topological polar surface area (TPSA) is 79.3 Å². The van der Waals surface area contributed by atoms with E-state index < -0.39 is 5.97 Å². The summed E-state index contributed by atoms with van der Waals surface area (Å²) in [6.45, 7) is 1.88. The fraction of sp³-hybridized carbons (Fsp3) is 0.214. The van der Waals surface area contributed by atoms with Crippen molar-refractivity contribution in [3.8, 4) is 0 Å². The monoisotopic (exact) mass is 290 g/mol. The summed E-state index contributed by atoms with van der Waals surface area (Å²) in [4.78, 5) is 26.9. The number of carbonyl (C=O) groups excluding carboxylic acids is 1. The van der Waals surface area contributed by atoms with Crippen molar-refractivity contribution >= 4 is 28.9 Å². The Hall–Kier alpha value is -2.21. The van der Waals surface area contributed by atoms with Crippen LogP contribution < -0.4 is 5.32 Å². The van der Waals surface area contributed by atoms with Crippen LogP contribution in [0.2, 0.25) is 0 Å². The van der Waals surface area contributed by atoms with Crippen molar-refractivity contribution in [3.05, 3.63) is 45.9 Å². The molecule has 0 radical (unpaired) electrons. The van der Waals surface area contributed by atoms with E-state index in [9.17, 15) is 9.59 Å². The van der Waals surface area contributed by atoms with Gasteiger partial charge in [0.15, 0.2) is 0 Å². The zero-order valence-electron chi connectivity index (χ0n) is 10.9. The van der Waals surface area contributed by atoms with Crippen LogP contribution in [-0.2, 0) is 22.4 Å². The minimum Gasteiger partial charge on any atom is -0.481 e. The van der Waals surface area contributed by atoms with Crippen molar-refractivity contribution in [2.75, 3.05) is 5.32 Å². The summed E-state index contributed by atoms with van der Waals surface area (Å²) in [7, 11) is 0. The first kappa shape index (κ1) is 14.2. The predicted octanol–water partition coefficient (Wildman–Crippen LogP) is 2.26. The molecule has 0 aliphatic rings. The third-order valence-corrected chi connectivity index (χ3v) is 3.46. The number of hydrogen-bond acceptors (Lipinski definition) is 4. The molecule has 2 N–H and O–H groups in total. The number of thiazole rings is 1. The highest BCUT2D eigenvalue weighted by atomic mass is 32.1. The fourth-order valence-electron chi connectivity index (χ4n) is 1.81. The first-order valence-electron chi connectivity index (χ1n) is 6.05. The summed E-state index contributed by atoms with van der Waals surface area (Å²) in [6, 6.07) is 6.89. The molecule has 1 heterocycles. The number of aliphatic carboxylic acids is 1. The van der Waals surface area contributed by atoms with Gasteiger partial charge in [0.05, 0.1) is 23.5 Å². The number of nitrogens with one attached hydrogen (secondary N) is 1. The SMILES string of the molecule is Cc1nc(CC(=O)Nc2ccccc2CC(=O)O)cs1. The van der Waals surface area contributed by atoms with Crippen molar-refractivity contribution in [2.45, 2.75) is 19.8 Å². The van der Waals surface area contributed by atoms with Crippen molar-refractivity contribution in [1.82, 2.24) is 4.98 Å². The predicted molar refractivity (Wildman–Crippen MR) is 77.0 cm³/mol. The van der Waals surface area contributed by atoms with Crippen molar-refractivity contribution in [2.24, 2.45) is 0 Å². The number of aryl methyl sites for hydroxylation is 1. The van der Waals surface area contributed by atoms with Gasteiger partial charge in [-0.3, -0.25) is 9.59 Å². The number of rotatable bonds is 5. The fourth-order valence-corrected chi connectivity index (χ4v) is 2.42. The number of benzene rings is 1. The van der Waals surface area contributed by atoms with E-state index >= 15 is 0 Å². The molecule has 0 aliphatic carbocycles. The quantitative estimate of drug-likeness (QED) is 0.885. The Balaban J connectivity index is 2.05. The molecule has 0 aliphatic heterocycles. The van der Waals surface area contributed by atoms with Gasteiger partial charge >= 0.3 is 5.97 Å². The molecular formula is C14H14N2O3S. The minimum atomic E-state index is -0.929. The average Bonchev–Trinajstić information content (AvgIpc) is 2.76. The highest BCUT2D eigenvalue weighted by molar-refractivity contribution is 7.09. The molecule has 0 unspecified atom stereocenters. The van der Waals surface area contributed by atoms with E-state index in [0.717, 1.165) is 10.7 Å². The van der Waals surface area contributed by atoms with Gasteiger partial charge in [0.2, 0.25) is 5.91 Å². The second kappa shape index (κ2) is 6.29. The van der Waals surface area contributed by atoms with Crippen LogP contribution in [0, 0.1) is 6.92 Å². The second-order valence-electron chi connectivity index (χ2n) is 4.31. The van der Waals surface area contributed by atoms with Crippen LogP contribution in [-0.4, -0.2) is 22.0 Å². The van der Waals surface area contributed by atoms with E-state index in [1.165, 1.54) is 11.3 Å². The Morgan fingerprint density at radius 1 is 1.30 bits per heavy atom.